The van der Waals surface area contributed by atoms with Crippen LogP contribution >= 0.6 is 11.6 Å². The largest absolute Gasteiger partial charge is 0.369 e. The van der Waals surface area contributed by atoms with E-state index in [1.54, 1.807) is 4.68 Å². The van der Waals surface area contributed by atoms with Gasteiger partial charge in [-0.2, -0.15) is 5.10 Å². The second-order valence-corrected chi connectivity index (χ2v) is 7.35. The molecule has 0 radical (unpaired) electrons. The van der Waals surface area contributed by atoms with Crippen LogP contribution in [0.1, 0.15) is 17.0 Å². The average Bonchev–Trinajstić information content (AvgIpc) is 2.84. The van der Waals surface area contributed by atoms with Gasteiger partial charge in [0.05, 0.1) is 23.6 Å². The third-order valence-electron chi connectivity index (χ3n) is 5.02. The van der Waals surface area contributed by atoms with Crippen LogP contribution in [-0.4, -0.2) is 53.3 Å². The summed E-state index contributed by atoms with van der Waals surface area (Å²) in [6, 6.07) is 5.99. The van der Waals surface area contributed by atoms with Crippen molar-refractivity contribution in [2.75, 3.05) is 42.9 Å². The van der Waals surface area contributed by atoms with E-state index in [1.807, 2.05) is 33.0 Å². The van der Waals surface area contributed by atoms with E-state index >= 15 is 0 Å². The summed E-state index contributed by atoms with van der Waals surface area (Å²) >= 11 is 6.14. The van der Waals surface area contributed by atoms with Crippen molar-refractivity contribution in [1.82, 2.24) is 14.7 Å². The highest BCUT2D eigenvalue weighted by atomic mass is 35.5. The number of aromatic nitrogens is 2. The van der Waals surface area contributed by atoms with Crippen molar-refractivity contribution < 1.29 is 4.79 Å². The zero-order chi connectivity index (χ0) is 18.8. The second kappa shape index (κ2) is 7.68. The molecule has 0 unspecified atom stereocenters. The molecule has 1 aromatic carbocycles. The minimum Gasteiger partial charge on any atom is -0.369 e. The summed E-state index contributed by atoms with van der Waals surface area (Å²) in [6.45, 7) is 9.85. The lowest BCUT2D eigenvalue weighted by atomic mass is 10.1. The van der Waals surface area contributed by atoms with E-state index in [9.17, 15) is 4.79 Å². The number of piperazine rings is 1. The Morgan fingerprint density at radius 2 is 1.88 bits per heavy atom. The van der Waals surface area contributed by atoms with Crippen LogP contribution in [0.5, 0.6) is 0 Å². The predicted molar refractivity (Wildman–Crippen MR) is 106 cm³/mol. The number of anilines is 2. The first-order valence-corrected chi connectivity index (χ1v) is 9.26. The Kier molecular flexibility index (Phi) is 5.53. The number of hydrogen-bond donors (Lipinski definition) is 1. The highest BCUT2D eigenvalue weighted by molar-refractivity contribution is 6.30. The van der Waals surface area contributed by atoms with E-state index < -0.39 is 0 Å². The fourth-order valence-corrected chi connectivity index (χ4v) is 3.57. The Morgan fingerprint density at radius 1 is 1.19 bits per heavy atom. The van der Waals surface area contributed by atoms with Gasteiger partial charge in [0.1, 0.15) is 0 Å². The van der Waals surface area contributed by atoms with Gasteiger partial charge in [-0.1, -0.05) is 17.7 Å². The molecule has 1 aliphatic rings. The summed E-state index contributed by atoms with van der Waals surface area (Å²) in [5.41, 5.74) is 5.05. The summed E-state index contributed by atoms with van der Waals surface area (Å²) < 4.78 is 1.79. The molecule has 6 nitrogen and oxygen atoms in total. The van der Waals surface area contributed by atoms with Crippen molar-refractivity contribution in [2.45, 2.75) is 20.8 Å². The van der Waals surface area contributed by atoms with Crippen molar-refractivity contribution in [1.29, 1.82) is 0 Å². The average molecular weight is 376 g/mol. The van der Waals surface area contributed by atoms with Crippen LogP contribution in [0.4, 0.5) is 11.4 Å². The number of aryl methyl sites for hydroxylation is 3. The van der Waals surface area contributed by atoms with Gasteiger partial charge in [-0.3, -0.25) is 14.4 Å². The summed E-state index contributed by atoms with van der Waals surface area (Å²) in [4.78, 5) is 16.9. The standard InChI is InChI=1S/C19H26ClN5O/c1-13-5-6-16(20)11-17(13)25-9-7-24(8-10-25)12-18(26)21-19-14(2)22-23(4)15(19)3/h5-6,11H,7-10,12H2,1-4H3,(H,21,26). The van der Waals surface area contributed by atoms with Crippen molar-refractivity contribution in [3.63, 3.8) is 0 Å². The molecule has 140 valence electrons. The molecule has 1 fully saturated rings. The number of carbonyl (C=O) groups excluding carboxylic acids is 1. The van der Waals surface area contributed by atoms with E-state index in [0.29, 0.717) is 6.54 Å². The Labute approximate surface area is 159 Å². The molecule has 0 aliphatic carbocycles. The Hall–Kier alpha value is -2.05. The molecular formula is C19H26ClN5O. The summed E-state index contributed by atoms with van der Waals surface area (Å²) in [5.74, 6) is 0.0107. The third kappa shape index (κ3) is 4.02. The van der Waals surface area contributed by atoms with Gasteiger partial charge in [-0.05, 0) is 38.5 Å². The van der Waals surface area contributed by atoms with Crippen LogP contribution in [0.15, 0.2) is 18.2 Å². The van der Waals surface area contributed by atoms with Crippen molar-refractivity contribution in [3.05, 3.63) is 40.2 Å². The number of halogens is 1. The highest BCUT2D eigenvalue weighted by Crippen LogP contribution is 2.25. The lowest BCUT2D eigenvalue weighted by Crippen LogP contribution is -2.48. The molecule has 3 rings (SSSR count). The molecule has 2 heterocycles. The zero-order valence-corrected chi connectivity index (χ0v) is 16.6. The van der Waals surface area contributed by atoms with E-state index in [2.05, 4.69) is 33.2 Å². The molecule has 7 heteroatoms. The molecule has 0 saturated carbocycles. The van der Waals surface area contributed by atoms with Gasteiger partial charge in [0.2, 0.25) is 5.91 Å². The molecule has 1 saturated heterocycles. The molecule has 1 aliphatic heterocycles. The molecule has 1 N–H and O–H groups in total. The highest BCUT2D eigenvalue weighted by Gasteiger charge is 2.21. The van der Waals surface area contributed by atoms with Crippen LogP contribution < -0.4 is 10.2 Å². The number of nitrogens with one attached hydrogen (secondary N) is 1. The SMILES string of the molecule is Cc1ccc(Cl)cc1N1CCN(CC(=O)Nc2c(C)nn(C)c2C)CC1. The normalized spacial score (nSPS) is 15.3. The van der Waals surface area contributed by atoms with Gasteiger partial charge in [0.25, 0.3) is 0 Å². The molecule has 2 aromatic rings. The van der Waals surface area contributed by atoms with Crippen molar-refractivity contribution in [2.24, 2.45) is 7.05 Å². The van der Waals surface area contributed by atoms with E-state index in [0.717, 1.165) is 48.3 Å². The third-order valence-corrected chi connectivity index (χ3v) is 5.26. The molecular weight excluding hydrogens is 350 g/mol. The van der Waals surface area contributed by atoms with Gasteiger partial charge < -0.3 is 10.2 Å². The number of rotatable bonds is 4. The van der Waals surface area contributed by atoms with Gasteiger partial charge in [0.15, 0.2) is 0 Å². The monoisotopic (exact) mass is 375 g/mol. The van der Waals surface area contributed by atoms with Gasteiger partial charge in [0, 0.05) is 43.9 Å². The van der Waals surface area contributed by atoms with Crippen LogP contribution in [0.3, 0.4) is 0 Å². The van der Waals surface area contributed by atoms with E-state index in [4.69, 9.17) is 11.6 Å². The van der Waals surface area contributed by atoms with Gasteiger partial charge in [-0.25, -0.2) is 0 Å². The molecule has 1 amide bonds. The fourth-order valence-electron chi connectivity index (χ4n) is 3.41. The molecule has 0 spiro atoms. The number of hydrogen-bond acceptors (Lipinski definition) is 4. The maximum absolute atomic E-state index is 12.4. The van der Waals surface area contributed by atoms with E-state index in [1.165, 1.54) is 11.3 Å². The minimum atomic E-state index is 0.0107. The Balaban J connectivity index is 1.55. The molecule has 26 heavy (non-hydrogen) atoms. The predicted octanol–water partition coefficient (Wildman–Crippen LogP) is 2.76. The number of carbonyl (C=O) groups is 1. The number of amides is 1. The summed E-state index contributed by atoms with van der Waals surface area (Å²) in [6.07, 6.45) is 0. The van der Waals surface area contributed by atoms with Crippen molar-refractivity contribution >= 4 is 28.9 Å². The van der Waals surface area contributed by atoms with Crippen LogP contribution in [0, 0.1) is 20.8 Å². The molecule has 1 aromatic heterocycles. The molecule has 0 atom stereocenters. The second-order valence-electron chi connectivity index (χ2n) is 6.91. The first-order valence-electron chi connectivity index (χ1n) is 8.88. The zero-order valence-electron chi connectivity index (χ0n) is 15.8. The molecule has 0 bridgehead atoms. The summed E-state index contributed by atoms with van der Waals surface area (Å²) in [5, 5.41) is 8.11. The minimum absolute atomic E-state index is 0.0107. The van der Waals surface area contributed by atoms with E-state index in [-0.39, 0.29) is 5.91 Å². The van der Waals surface area contributed by atoms with Gasteiger partial charge >= 0.3 is 0 Å². The Morgan fingerprint density at radius 3 is 2.50 bits per heavy atom. The number of nitrogens with zero attached hydrogens (tertiary/aromatic N) is 4. The van der Waals surface area contributed by atoms with Gasteiger partial charge in [-0.15, -0.1) is 0 Å². The van der Waals surface area contributed by atoms with Crippen LogP contribution in [-0.2, 0) is 11.8 Å². The van der Waals surface area contributed by atoms with Crippen LogP contribution in [0.25, 0.3) is 0 Å². The van der Waals surface area contributed by atoms with Crippen LogP contribution in [0.2, 0.25) is 5.02 Å². The number of benzene rings is 1. The topological polar surface area (TPSA) is 53.4 Å². The quantitative estimate of drug-likeness (QED) is 0.892. The summed E-state index contributed by atoms with van der Waals surface area (Å²) in [7, 11) is 1.88. The fraction of sp³-hybridized carbons (Fsp3) is 0.474. The smallest absolute Gasteiger partial charge is 0.238 e. The van der Waals surface area contributed by atoms with Crippen molar-refractivity contribution in [3.8, 4) is 0 Å². The first-order chi connectivity index (χ1) is 12.3. The Bertz CT molecular complexity index is 809. The maximum atomic E-state index is 12.4. The maximum Gasteiger partial charge on any atom is 0.238 e. The first kappa shape index (κ1) is 18.7. The lowest BCUT2D eigenvalue weighted by molar-refractivity contribution is -0.117. The lowest BCUT2D eigenvalue weighted by Gasteiger charge is -2.36.